The van der Waals surface area contributed by atoms with Crippen LogP contribution in [-0.4, -0.2) is 34.7 Å². The van der Waals surface area contributed by atoms with Crippen LogP contribution in [-0.2, 0) is 11.3 Å². The first-order valence-electron chi connectivity index (χ1n) is 13.3. The number of carboxylic acid groups (broad SMARTS) is 1. The predicted molar refractivity (Wildman–Crippen MR) is 147 cm³/mol. The average molecular weight is 538 g/mol. The van der Waals surface area contributed by atoms with Crippen molar-refractivity contribution in [3.8, 4) is 22.9 Å². The summed E-state index contributed by atoms with van der Waals surface area (Å²) in [5.41, 5.74) is 4.29. The number of methoxy groups -OCH3 is 1. The molecule has 40 heavy (non-hydrogen) atoms. The molecule has 2 fully saturated rings. The van der Waals surface area contributed by atoms with E-state index in [-0.39, 0.29) is 29.1 Å². The van der Waals surface area contributed by atoms with Crippen LogP contribution in [0.15, 0.2) is 66.9 Å². The molecule has 0 aliphatic heterocycles. The van der Waals surface area contributed by atoms with Crippen LogP contribution in [0.2, 0.25) is 0 Å². The predicted octanol–water partition coefficient (Wildman–Crippen LogP) is 5.75. The van der Waals surface area contributed by atoms with E-state index < -0.39 is 5.97 Å². The van der Waals surface area contributed by atoms with E-state index in [4.69, 9.17) is 9.84 Å². The number of nitrogens with zero attached hydrogens (tertiary/aromatic N) is 2. The van der Waals surface area contributed by atoms with Gasteiger partial charge in [-0.05, 0) is 84.2 Å². The number of ether oxygens (including phenoxy) is 1. The Labute approximate surface area is 230 Å². The summed E-state index contributed by atoms with van der Waals surface area (Å²) in [5.74, 6) is -1.03. The zero-order valence-corrected chi connectivity index (χ0v) is 22.0. The van der Waals surface area contributed by atoms with E-state index >= 15 is 0 Å². The molecule has 4 aromatic rings. The van der Waals surface area contributed by atoms with Gasteiger partial charge in [0.2, 0.25) is 0 Å². The number of carbonyl (C=O) groups excluding carboxylic acids is 1. The van der Waals surface area contributed by atoms with Crippen LogP contribution in [0.4, 0.5) is 4.39 Å². The molecule has 2 aliphatic carbocycles. The molecule has 0 bridgehead atoms. The van der Waals surface area contributed by atoms with E-state index in [1.807, 2.05) is 41.0 Å². The summed E-state index contributed by atoms with van der Waals surface area (Å²) in [6.45, 7) is 0.443. The molecular weight excluding hydrogens is 509 g/mol. The number of halogens is 1. The minimum Gasteiger partial charge on any atom is -0.497 e. The molecular formula is C32H28FN3O4. The number of benzene rings is 3. The number of hydrogen-bond donors (Lipinski definition) is 2. The van der Waals surface area contributed by atoms with Gasteiger partial charge in [-0.2, -0.15) is 5.26 Å². The third-order valence-corrected chi connectivity index (χ3v) is 8.43. The standard InChI is InChI=1S/C32H28FN3O4/c1-40-25-11-20(17-34)10-22(12-25)21-4-2-19(3-5-21)18-36-9-8-26-28(33)7-6-27(29(26)36)30(37)35-24-15-32(16-24)13-23(14-32)31(38)39/h2-12,23-24H,13-16,18H2,1H3,(H,35,37)(H,38,39). The number of nitrogens with one attached hydrogen (secondary N) is 1. The highest BCUT2D eigenvalue weighted by Crippen LogP contribution is 2.58. The Hall–Kier alpha value is -4.64. The molecule has 3 aromatic carbocycles. The van der Waals surface area contributed by atoms with Crippen LogP contribution in [0.5, 0.6) is 5.75 Å². The van der Waals surface area contributed by atoms with Gasteiger partial charge in [0, 0.05) is 24.2 Å². The van der Waals surface area contributed by atoms with E-state index in [0.717, 1.165) is 29.5 Å². The maximum atomic E-state index is 14.7. The van der Waals surface area contributed by atoms with Crippen molar-refractivity contribution in [1.29, 1.82) is 5.26 Å². The number of nitriles is 1. The summed E-state index contributed by atoms with van der Waals surface area (Å²) >= 11 is 0. The second-order valence-electron chi connectivity index (χ2n) is 11.1. The van der Waals surface area contributed by atoms with Crippen LogP contribution < -0.4 is 10.1 Å². The van der Waals surface area contributed by atoms with Crippen molar-refractivity contribution < 1.29 is 23.8 Å². The SMILES string of the molecule is COc1cc(C#N)cc(-c2ccc(Cn3ccc4c(F)ccc(C(=O)NC5CC6(C5)CC(C(=O)O)C6)c43)cc2)c1. The summed E-state index contributed by atoms with van der Waals surface area (Å²) < 4.78 is 21.9. The second-order valence-corrected chi connectivity index (χ2v) is 11.1. The smallest absolute Gasteiger partial charge is 0.306 e. The molecule has 202 valence electrons. The quantitative estimate of drug-likeness (QED) is 0.312. The second kappa shape index (κ2) is 9.83. The molecule has 1 amide bonds. The van der Waals surface area contributed by atoms with Crippen LogP contribution in [0.1, 0.15) is 47.2 Å². The van der Waals surface area contributed by atoms with Crippen LogP contribution >= 0.6 is 0 Å². The van der Waals surface area contributed by atoms with Gasteiger partial charge in [-0.3, -0.25) is 9.59 Å². The molecule has 6 rings (SSSR count). The van der Waals surface area contributed by atoms with Gasteiger partial charge in [-0.15, -0.1) is 0 Å². The Morgan fingerprint density at radius 3 is 2.50 bits per heavy atom. The first-order valence-corrected chi connectivity index (χ1v) is 13.3. The number of fused-ring (bicyclic) bond motifs is 1. The van der Waals surface area contributed by atoms with Crippen molar-refractivity contribution >= 4 is 22.8 Å². The number of aliphatic carboxylic acids is 1. The fraction of sp³-hybridized carbons (Fsp3) is 0.281. The lowest BCUT2D eigenvalue weighted by atomic mass is 9.50. The Morgan fingerprint density at radius 1 is 1.07 bits per heavy atom. The third kappa shape index (κ3) is 4.58. The zero-order chi connectivity index (χ0) is 28.0. The highest BCUT2D eigenvalue weighted by Gasteiger charge is 2.55. The van der Waals surface area contributed by atoms with Gasteiger partial charge in [0.15, 0.2) is 0 Å². The number of amides is 1. The Morgan fingerprint density at radius 2 is 1.82 bits per heavy atom. The van der Waals surface area contributed by atoms with Gasteiger partial charge in [-0.1, -0.05) is 24.3 Å². The van der Waals surface area contributed by atoms with Gasteiger partial charge in [0.1, 0.15) is 11.6 Å². The van der Waals surface area contributed by atoms with Gasteiger partial charge >= 0.3 is 5.97 Å². The lowest BCUT2D eigenvalue weighted by Crippen LogP contribution is -2.57. The highest BCUT2D eigenvalue weighted by molar-refractivity contribution is 6.06. The molecule has 0 radical (unpaired) electrons. The molecule has 2 saturated carbocycles. The van der Waals surface area contributed by atoms with Crippen molar-refractivity contribution in [3.63, 3.8) is 0 Å². The van der Waals surface area contributed by atoms with E-state index in [2.05, 4.69) is 11.4 Å². The molecule has 7 nitrogen and oxygen atoms in total. The van der Waals surface area contributed by atoms with Gasteiger partial charge in [-0.25, -0.2) is 4.39 Å². The summed E-state index contributed by atoms with van der Waals surface area (Å²) in [6.07, 6.45) is 4.70. The van der Waals surface area contributed by atoms with E-state index in [9.17, 15) is 19.2 Å². The first-order chi connectivity index (χ1) is 19.3. The fourth-order valence-corrected chi connectivity index (χ4v) is 6.40. The lowest BCUT2D eigenvalue weighted by molar-refractivity contribution is -0.155. The molecule has 1 aromatic heterocycles. The highest BCUT2D eigenvalue weighted by atomic mass is 19.1. The summed E-state index contributed by atoms with van der Waals surface area (Å²) in [4.78, 5) is 24.5. The monoisotopic (exact) mass is 537 g/mol. The van der Waals surface area contributed by atoms with Crippen molar-refractivity contribution in [2.45, 2.75) is 38.3 Å². The van der Waals surface area contributed by atoms with Crippen molar-refractivity contribution in [2.24, 2.45) is 11.3 Å². The minimum absolute atomic E-state index is 0.00327. The Bertz CT molecular complexity index is 1670. The Balaban J connectivity index is 1.20. The molecule has 0 saturated heterocycles. The molecule has 1 spiro atoms. The van der Waals surface area contributed by atoms with Gasteiger partial charge in [0.25, 0.3) is 5.91 Å². The van der Waals surface area contributed by atoms with Gasteiger partial charge in [0.05, 0.1) is 35.7 Å². The van der Waals surface area contributed by atoms with Crippen LogP contribution in [0.25, 0.3) is 22.0 Å². The number of aromatic nitrogens is 1. The topological polar surface area (TPSA) is 104 Å². The molecule has 0 unspecified atom stereocenters. The van der Waals surface area contributed by atoms with Crippen molar-refractivity contribution in [1.82, 2.24) is 9.88 Å². The summed E-state index contributed by atoms with van der Waals surface area (Å²) in [7, 11) is 1.57. The van der Waals surface area contributed by atoms with E-state index in [1.165, 1.54) is 12.1 Å². The molecule has 0 atom stereocenters. The lowest BCUT2D eigenvalue weighted by Gasteiger charge is -2.56. The maximum Gasteiger partial charge on any atom is 0.306 e. The normalized spacial score (nSPS) is 21.3. The fourth-order valence-electron chi connectivity index (χ4n) is 6.40. The van der Waals surface area contributed by atoms with Crippen LogP contribution in [0, 0.1) is 28.5 Å². The largest absolute Gasteiger partial charge is 0.497 e. The molecule has 2 aliphatic rings. The van der Waals surface area contributed by atoms with Crippen molar-refractivity contribution in [3.05, 3.63) is 89.4 Å². The Kier molecular flexibility index (Phi) is 6.30. The summed E-state index contributed by atoms with van der Waals surface area (Å²) in [5, 5.41) is 22.0. The first kappa shape index (κ1) is 25.6. The maximum absolute atomic E-state index is 14.7. The number of carboxylic acids is 1. The number of carbonyl (C=O) groups is 2. The van der Waals surface area contributed by atoms with Gasteiger partial charge < -0.3 is 19.7 Å². The zero-order valence-electron chi connectivity index (χ0n) is 22.0. The van der Waals surface area contributed by atoms with Crippen LogP contribution in [0.3, 0.4) is 0 Å². The van der Waals surface area contributed by atoms with E-state index in [1.54, 1.807) is 25.4 Å². The third-order valence-electron chi connectivity index (χ3n) is 8.43. The van der Waals surface area contributed by atoms with E-state index in [0.29, 0.717) is 47.2 Å². The summed E-state index contributed by atoms with van der Waals surface area (Å²) in [6, 6.07) is 19.9. The average Bonchev–Trinajstić information content (AvgIpc) is 3.33. The van der Waals surface area contributed by atoms with Crippen molar-refractivity contribution in [2.75, 3.05) is 7.11 Å². The molecule has 2 N–H and O–H groups in total. The number of rotatable bonds is 7. The molecule has 1 heterocycles. The minimum atomic E-state index is -0.740. The number of hydrogen-bond acceptors (Lipinski definition) is 4. The molecule has 8 heteroatoms.